The molecule has 0 aromatic heterocycles. The minimum Gasteiger partial charge on any atom is -0.355 e. The highest BCUT2D eigenvalue weighted by Crippen LogP contribution is 2.12. The maximum absolute atomic E-state index is 12.4. The predicted octanol–water partition coefficient (Wildman–Crippen LogP) is 2.27. The maximum Gasteiger partial charge on any atom is 0.225 e. The van der Waals surface area contributed by atoms with Crippen LogP contribution in [0.1, 0.15) is 39.2 Å². The predicted molar refractivity (Wildman–Crippen MR) is 100.0 cm³/mol. The SMILES string of the molecule is CC(C)(C)C(=O)NCCC(=O)N1CCCN(Cc2ccccc2)CC1. The van der Waals surface area contributed by atoms with Gasteiger partial charge in [-0.05, 0) is 12.0 Å². The minimum atomic E-state index is -0.413. The lowest BCUT2D eigenvalue weighted by atomic mass is 9.96. The van der Waals surface area contributed by atoms with E-state index in [9.17, 15) is 9.59 Å². The minimum absolute atomic E-state index is 0.00907. The van der Waals surface area contributed by atoms with E-state index in [0.717, 1.165) is 39.1 Å². The van der Waals surface area contributed by atoms with Crippen LogP contribution in [0.5, 0.6) is 0 Å². The molecule has 0 aliphatic carbocycles. The standard InChI is InChI=1S/C20H31N3O2/c1-20(2,3)19(25)21-11-10-18(24)23-13-7-12-22(14-15-23)16-17-8-5-4-6-9-17/h4-6,8-9H,7,10-16H2,1-3H3,(H,21,25). The van der Waals surface area contributed by atoms with Crippen molar-refractivity contribution in [2.24, 2.45) is 5.41 Å². The topological polar surface area (TPSA) is 52.7 Å². The zero-order chi connectivity index (χ0) is 18.3. The normalized spacial score (nSPS) is 16.4. The third kappa shape index (κ3) is 6.50. The first-order chi connectivity index (χ1) is 11.9. The number of rotatable bonds is 5. The Morgan fingerprint density at radius 1 is 1.04 bits per heavy atom. The summed E-state index contributed by atoms with van der Waals surface area (Å²) < 4.78 is 0. The van der Waals surface area contributed by atoms with Gasteiger partial charge in [0.15, 0.2) is 0 Å². The van der Waals surface area contributed by atoms with Crippen LogP contribution in [0.4, 0.5) is 0 Å². The van der Waals surface area contributed by atoms with Crippen molar-refractivity contribution in [3.05, 3.63) is 35.9 Å². The highest BCUT2D eigenvalue weighted by atomic mass is 16.2. The Balaban J connectivity index is 1.74. The van der Waals surface area contributed by atoms with E-state index in [1.165, 1.54) is 5.56 Å². The molecule has 1 N–H and O–H groups in total. The summed E-state index contributed by atoms with van der Waals surface area (Å²) in [5.74, 6) is 0.126. The maximum atomic E-state index is 12.4. The number of nitrogens with one attached hydrogen (secondary N) is 1. The molecule has 138 valence electrons. The molecule has 5 nitrogen and oxygen atoms in total. The lowest BCUT2D eigenvalue weighted by Crippen LogP contribution is -2.39. The van der Waals surface area contributed by atoms with E-state index < -0.39 is 5.41 Å². The first-order valence-electron chi connectivity index (χ1n) is 9.18. The number of hydrogen-bond donors (Lipinski definition) is 1. The van der Waals surface area contributed by atoms with Crippen LogP contribution in [0.25, 0.3) is 0 Å². The van der Waals surface area contributed by atoms with Crippen LogP contribution in [0.2, 0.25) is 0 Å². The van der Waals surface area contributed by atoms with E-state index in [1.807, 2.05) is 31.7 Å². The molecule has 1 saturated heterocycles. The van der Waals surface area contributed by atoms with E-state index in [2.05, 4.69) is 34.5 Å². The Morgan fingerprint density at radius 2 is 1.76 bits per heavy atom. The third-order valence-corrected chi connectivity index (χ3v) is 4.50. The van der Waals surface area contributed by atoms with Crippen molar-refractivity contribution in [2.75, 3.05) is 32.7 Å². The molecule has 1 aromatic carbocycles. The van der Waals surface area contributed by atoms with Gasteiger partial charge in [-0.3, -0.25) is 14.5 Å². The van der Waals surface area contributed by atoms with Crippen molar-refractivity contribution >= 4 is 11.8 Å². The number of carbonyl (C=O) groups is 2. The van der Waals surface area contributed by atoms with Gasteiger partial charge in [0.1, 0.15) is 0 Å². The van der Waals surface area contributed by atoms with E-state index in [4.69, 9.17) is 0 Å². The van der Waals surface area contributed by atoms with Crippen LogP contribution in [0.15, 0.2) is 30.3 Å². The fraction of sp³-hybridized carbons (Fsp3) is 0.600. The van der Waals surface area contributed by atoms with Gasteiger partial charge in [0, 0.05) is 51.1 Å². The second kappa shape index (κ2) is 8.99. The van der Waals surface area contributed by atoms with E-state index in [0.29, 0.717) is 13.0 Å². The lowest BCUT2D eigenvalue weighted by Gasteiger charge is -2.23. The molecular weight excluding hydrogens is 314 g/mol. The van der Waals surface area contributed by atoms with Gasteiger partial charge in [0.05, 0.1) is 0 Å². The number of amides is 2. The molecule has 1 fully saturated rings. The highest BCUT2D eigenvalue weighted by Gasteiger charge is 2.22. The van der Waals surface area contributed by atoms with E-state index in [1.54, 1.807) is 0 Å². The molecule has 0 atom stereocenters. The van der Waals surface area contributed by atoms with E-state index in [-0.39, 0.29) is 11.8 Å². The van der Waals surface area contributed by atoms with Crippen molar-refractivity contribution < 1.29 is 9.59 Å². The second-order valence-corrected chi connectivity index (χ2v) is 7.75. The molecule has 0 spiro atoms. The Bertz CT molecular complexity index is 566. The zero-order valence-electron chi connectivity index (χ0n) is 15.8. The monoisotopic (exact) mass is 345 g/mol. The molecule has 1 heterocycles. The summed E-state index contributed by atoms with van der Waals surface area (Å²) in [7, 11) is 0. The quantitative estimate of drug-likeness (QED) is 0.891. The molecule has 1 aliphatic rings. The fourth-order valence-corrected chi connectivity index (χ4v) is 2.93. The molecule has 1 aromatic rings. The number of hydrogen-bond acceptors (Lipinski definition) is 3. The van der Waals surface area contributed by atoms with Crippen molar-refractivity contribution in [1.82, 2.24) is 15.1 Å². The van der Waals surface area contributed by atoms with Gasteiger partial charge in [-0.25, -0.2) is 0 Å². The zero-order valence-corrected chi connectivity index (χ0v) is 15.8. The Morgan fingerprint density at radius 3 is 2.44 bits per heavy atom. The van der Waals surface area contributed by atoms with E-state index >= 15 is 0 Å². The number of carbonyl (C=O) groups excluding carboxylic acids is 2. The van der Waals surface area contributed by atoms with Gasteiger partial charge in [-0.2, -0.15) is 0 Å². The first kappa shape index (κ1) is 19.4. The number of nitrogens with zero attached hydrogens (tertiary/aromatic N) is 2. The van der Waals surface area contributed by atoms with Crippen molar-refractivity contribution in [2.45, 2.75) is 40.2 Å². The average Bonchev–Trinajstić information content (AvgIpc) is 2.80. The van der Waals surface area contributed by atoms with Gasteiger partial charge in [-0.15, -0.1) is 0 Å². The Labute approximate surface area is 151 Å². The lowest BCUT2D eigenvalue weighted by molar-refractivity contribution is -0.131. The molecule has 2 rings (SSSR count). The van der Waals surface area contributed by atoms with Crippen LogP contribution in [-0.2, 0) is 16.1 Å². The largest absolute Gasteiger partial charge is 0.355 e. The summed E-state index contributed by atoms with van der Waals surface area (Å²) in [5.41, 5.74) is 0.899. The molecule has 0 saturated carbocycles. The molecule has 0 unspecified atom stereocenters. The molecule has 5 heteroatoms. The van der Waals surface area contributed by atoms with Gasteiger partial charge >= 0.3 is 0 Å². The fourth-order valence-electron chi connectivity index (χ4n) is 2.93. The Hall–Kier alpha value is -1.88. The molecule has 2 amide bonds. The van der Waals surface area contributed by atoms with Gasteiger partial charge < -0.3 is 10.2 Å². The summed E-state index contributed by atoms with van der Waals surface area (Å²) in [6, 6.07) is 10.5. The van der Waals surface area contributed by atoms with Crippen LogP contribution < -0.4 is 5.32 Å². The molecule has 1 aliphatic heterocycles. The summed E-state index contributed by atoms with van der Waals surface area (Å²) in [6.45, 7) is 10.5. The Kier molecular flexibility index (Phi) is 7.00. The summed E-state index contributed by atoms with van der Waals surface area (Å²) in [6.07, 6.45) is 1.37. The van der Waals surface area contributed by atoms with Crippen LogP contribution in [0.3, 0.4) is 0 Å². The highest BCUT2D eigenvalue weighted by molar-refractivity contribution is 5.82. The molecule has 0 bridgehead atoms. The summed E-state index contributed by atoms with van der Waals surface area (Å²) in [4.78, 5) is 28.6. The number of benzene rings is 1. The molecule has 25 heavy (non-hydrogen) atoms. The molecule has 0 radical (unpaired) electrons. The smallest absolute Gasteiger partial charge is 0.225 e. The first-order valence-corrected chi connectivity index (χ1v) is 9.18. The van der Waals surface area contributed by atoms with Crippen LogP contribution in [0, 0.1) is 5.41 Å². The summed E-state index contributed by atoms with van der Waals surface area (Å²) >= 11 is 0. The molecular formula is C20H31N3O2. The third-order valence-electron chi connectivity index (χ3n) is 4.50. The van der Waals surface area contributed by atoms with Crippen LogP contribution in [-0.4, -0.2) is 54.3 Å². The van der Waals surface area contributed by atoms with Gasteiger partial charge in [0.2, 0.25) is 11.8 Å². The van der Waals surface area contributed by atoms with Crippen molar-refractivity contribution in [3.8, 4) is 0 Å². The average molecular weight is 345 g/mol. The van der Waals surface area contributed by atoms with Crippen molar-refractivity contribution in [1.29, 1.82) is 0 Å². The van der Waals surface area contributed by atoms with Gasteiger partial charge in [0.25, 0.3) is 0 Å². The second-order valence-electron chi connectivity index (χ2n) is 7.75. The van der Waals surface area contributed by atoms with Gasteiger partial charge in [-0.1, -0.05) is 51.1 Å². The summed E-state index contributed by atoms with van der Waals surface area (Å²) in [5, 5.41) is 2.85. The van der Waals surface area contributed by atoms with Crippen LogP contribution >= 0.6 is 0 Å². The van der Waals surface area contributed by atoms with Crippen molar-refractivity contribution in [3.63, 3.8) is 0 Å².